The van der Waals surface area contributed by atoms with Crippen molar-refractivity contribution in [3.8, 4) is 11.3 Å². The molecule has 58 heavy (non-hydrogen) atoms. The molecule has 0 spiro atoms. The lowest BCUT2D eigenvalue weighted by Gasteiger charge is -2.48. The van der Waals surface area contributed by atoms with Crippen LogP contribution in [0.25, 0.3) is 11.3 Å². The van der Waals surface area contributed by atoms with Crippen LogP contribution in [0.4, 0.5) is 0 Å². The van der Waals surface area contributed by atoms with Crippen LogP contribution in [0.3, 0.4) is 0 Å². The third-order valence-electron chi connectivity index (χ3n) is 8.15. The van der Waals surface area contributed by atoms with Gasteiger partial charge in [0.05, 0.1) is 11.1 Å². The Bertz CT molecular complexity index is 1970. The van der Waals surface area contributed by atoms with E-state index in [-0.39, 0.29) is 10.6 Å². The first-order valence-corrected chi connectivity index (χ1v) is 18.8. The summed E-state index contributed by atoms with van der Waals surface area (Å²) < 4.78 is 81.5. The van der Waals surface area contributed by atoms with E-state index in [4.69, 9.17) is 52.5 Å². The van der Waals surface area contributed by atoms with Crippen LogP contribution in [0.2, 0.25) is 0 Å². The molecule has 2 aromatic rings. The zero-order chi connectivity index (χ0) is 43.1. The van der Waals surface area contributed by atoms with Gasteiger partial charge in [0.15, 0.2) is 43.0 Å². The zero-order valence-electron chi connectivity index (χ0n) is 32.2. The van der Waals surface area contributed by atoms with E-state index in [1.165, 1.54) is 30.5 Å². The molecule has 0 amide bonds. The van der Waals surface area contributed by atoms with Gasteiger partial charge in [0.1, 0.15) is 37.2 Å². The minimum Gasteiger partial charge on any atom is -0.463 e. The van der Waals surface area contributed by atoms with Crippen molar-refractivity contribution in [2.75, 3.05) is 13.2 Å². The summed E-state index contributed by atoms with van der Waals surface area (Å²) in [6.45, 7) is 6.07. The van der Waals surface area contributed by atoms with Crippen LogP contribution in [-0.4, -0.2) is 134 Å². The summed E-state index contributed by atoms with van der Waals surface area (Å²) >= 11 is 0. The van der Waals surface area contributed by atoms with Gasteiger partial charge in [-0.05, 0) is 12.1 Å². The van der Waals surface area contributed by atoms with Crippen LogP contribution in [0.1, 0.15) is 54.7 Å². The van der Waals surface area contributed by atoms with Crippen molar-refractivity contribution in [1.82, 2.24) is 15.0 Å². The van der Waals surface area contributed by atoms with Gasteiger partial charge in [-0.3, -0.25) is 33.6 Å². The second-order valence-corrected chi connectivity index (χ2v) is 14.4. The van der Waals surface area contributed by atoms with Gasteiger partial charge in [0.2, 0.25) is 10.0 Å². The van der Waals surface area contributed by atoms with E-state index in [0.717, 1.165) is 53.1 Å². The lowest BCUT2D eigenvalue weighted by Crippen LogP contribution is -2.66. The highest BCUT2D eigenvalue weighted by atomic mass is 32.2. The topological polar surface area (TPSA) is 303 Å². The molecule has 10 atom stereocenters. The van der Waals surface area contributed by atoms with Gasteiger partial charge in [0.25, 0.3) is 0 Å². The van der Waals surface area contributed by atoms with E-state index in [9.17, 15) is 42.0 Å². The number of carbonyl (C=O) groups excluding carboxylic acids is 7. The van der Waals surface area contributed by atoms with E-state index in [1.54, 1.807) is 0 Å². The molecular formula is C34H42N4O19S. The van der Waals surface area contributed by atoms with Crippen molar-refractivity contribution in [2.45, 2.75) is 115 Å². The summed E-state index contributed by atoms with van der Waals surface area (Å²) in [5.74, 6) is -6.17. The van der Waals surface area contributed by atoms with Crippen LogP contribution in [-0.2, 0) is 91.0 Å². The first-order valence-electron chi connectivity index (χ1n) is 17.3. The van der Waals surface area contributed by atoms with Crippen molar-refractivity contribution >= 4 is 51.8 Å². The normalized spacial score (nSPS) is 27.0. The summed E-state index contributed by atoms with van der Waals surface area (Å²) in [7, 11) is -4.01. The molecule has 4 rings (SSSR count). The number of hydrogen-bond donors (Lipinski definition) is 1. The van der Waals surface area contributed by atoms with Gasteiger partial charge in [-0.25, -0.2) is 18.2 Å². The molecule has 318 valence electrons. The van der Waals surface area contributed by atoms with E-state index >= 15 is 0 Å². The van der Waals surface area contributed by atoms with Gasteiger partial charge >= 0.3 is 41.8 Å². The zero-order valence-corrected chi connectivity index (χ0v) is 33.0. The average Bonchev–Trinajstić information content (AvgIpc) is 3.59. The number of esters is 7. The Morgan fingerprint density at radius 1 is 0.621 bits per heavy atom. The smallest absolute Gasteiger partial charge is 0.303 e. The first kappa shape index (κ1) is 45.1. The van der Waals surface area contributed by atoms with Crippen molar-refractivity contribution in [3.63, 3.8) is 0 Å². The highest BCUT2D eigenvalue weighted by molar-refractivity contribution is 7.89. The average molecular weight is 843 g/mol. The number of benzene rings is 1. The number of ether oxygens (including phenoxy) is 10. The monoisotopic (exact) mass is 842 g/mol. The highest BCUT2D eigenvalue weighted by Crippen LogP contribution is 2.38. The summed E-state index contributed by atoms with van der Waals surface area (Å²) in [5, 5.41) is 13.4. The number of primary sulfonamides is 1. The predicted octanol–water partition coefficient (Wildman–Crippen LogP) is -0.615. The molecule has 0 unspecified atom stereocenters. The molecule has 2 fully saturated rings. The van der Waals surface area contributed by atoms with Gasteiger partial charge in [-0.1, -0.05) is 17.3 Å². The fourth-order valence-electron chi connectivity index (χ4n) is 6.05. The maximum Gasteiger partial charge on any atom is 0.303 e. The summed E-state index contributed by atoms with van der Waals surface area (Å²) in [4.78, 5) is 86.2. The fourth-order valence-corrected chi connectivity index (χ4v) is 6.57. The molecule has 2 N–H and O–H groups in total. The third-order valence-corrected chi connectivity index (χ3v) is 9.08. The summed E-state index contributed by atoms with van der Waals surface area (Å²) in [6, 6.07) is 5.29. The number of rotatable bonds is 14. The molecule has 0 radical (unpaired) electrons. The molecule has 2 saturated heterocycles. The number of hydrogen-bond acceptors (Lipinski definition) is 21. The molecule has 0 bridgehead atoms. The second kappa shape index (κ2) is 19.3. The lowest BCUT2D eigenvalue weighted by molar-refractivity contribution is -0.349. The minimum atomic E-state index is -4.01. The van der Waals surface area contributed by atoms with E-state index < -0.39 is 126 Å². The van der Waals surface area contributed by atoms with Crippen molar-refractivity contribution in [3.05, 3.63) is 30.5 Å². The first-order chi connectivity index (χ1) is 27.1. The summed E-state index contributed by atoms with van der Waals surface area (Å²) in [6.07, 6.45) is -14.9. The second-order valence-electron chi connectivity index (χ2n) is 12.8. The molecule has 1 aromatic heterocycles. The SMILES string of the molecule is CC(=O)OC[C@H]1O[C@@H](n2cc(-c3ccc(S(N)(=O)=O)cc3)nn2)[C@H](OC(C)=O)[C@@H](OC(C)=O)[C@@H]1O[C@H]1O[C@H](COC(C)=O)[C@@H](OC(C)=O)[C@H](OC(C)=O)[C@H]1OC(C)=O. The van der Waals surface area contributed by atoms with E-state index in [0.29, 0.717) is 5.56 Å². The maximum absolute atomic E-state index is 12.7. The number of nitrogens with two attached hydrogens (primary N) is 1. The molecule has 1 aromatic carbocycles. The Morgan fingerprint density at radius 3 is 1.55 bits per heavy atom. The Labute approximate surface area is 330 Å². The Morgan fingerprint density at radius 2 is 1.07 bits per heavy atom. The predicted molar refractivity (Wildman–Crippen MR) is 185 cm³/mol. The Hall–Kier alpha value is -5.56. The molecule has 3 heterocycles. The molecule has 0 aliphatic carbocycles. The number of carbonyl (C=O) groups is 7. The molecule has 0 saturated carbocycles. The lowest BCUT2D eigenvalue weighted by atomic mass is 9.95. The molecule has 2 aliphatic rings. The number of aromatic nitrogens is 3. The Balaban J connectivity index is 1.84. The molecular weight excluding hydrogens is 800 g/mol. The van der Waals surface area contributed by atoms with E-state index in [1.807, 2.05) is 0 Å². The van der Waals surface area contributed by atoms with Gasteiger partial charge in [0, 0.05) is 54.0 Å². The third kappa shape index (κ3) is 12.0. The van der Waals surface area contributed by atoms with Gasteiger partial charge < -0.3 is 47.4 Å². The van der Waals surface area contributed by atoms with Crippen LogP contribution < -0.4 is 5.14 Å². The standard InChI is InChI=1S/C34H42N4O19S/c1-15(39)48-13-25-28(57-34-32(54-21(7)45)30(52-19(5)43)27(50-17(3)41)26(56-34)14-49-16(2)40)29(51-18(4)42)31(53-20(6)44)33(55-25)38-12-24(36-37-38)22-8-10-23(11-9-22)58(35,46)47/h8-12,25-34H,13-14H2,1-7H3,(H2,35,46,47)/t25-,26-,27-,28-,29+,30+,31-,32-,33-,34-/m1/s1. The largest absolute Gasteiger partial charge is 0.463 e. The van der Waals surface area contributed by atoms with Crippen LogP contribution >= 0.6 is 0 Å². The van der Waals surface area contributed by atoms with Crippen LogP contribution in [0, 0.1) is 0 Å². The number of sulfonamides is 1. The molecule has 24 heteroatoms. The summed E-state index contributed by atoms with van der Waals surface area (Å²) in [5.41, 5.74) is 0.541. The van der Waals surface area contributed by atoms with Crippen molar-refractivity contribution in [2.24, 2.45) is 5.14 Å². The maximum atomic E-state index is 12.7. The highest BCUT2D eigenvalue weighted by Gasteiger charge is 2.58. The Kier molecular flexibility index (Phi) is 15.0. The fraction of sp³-hybridized carbons (Fsp3) is 0.559. The number of nitrogens with zero attached hydrogens (tertiary/aromatic N) is 3. The van der Waals surface area contributed by atoms with Crippen LogP contribution in [0.15, 0.2) is 35.4 Å². The minimum absolute atomic E-state index is 0.169. The molecule has 23 nitrogen and oxygen atoms in total. The quantitative estimate of drug-likeness (QED) is 0.183. The van der Waals surface area contributed by atoms with Crippen LogP contribution in [0.5, 0.6) is 0 Å². The van der Waals surface area contributed by atoms with Crippen molar-refractivity contribution in [1.29, 1.82) is 0 Å². The van der Waals surface area contributed by atoms with Gasteiger partial charge in [-0.2, -0.15) is 0 Å². The molecule has 2 aliphatic heterocycles. The van der Waals surface area contributed by atoms with Gasteiger partial charge in [-0.15, -0.1) is 5.10 Å². The van der Waals surface area contributed by atoms with Crippen molar-refractivity contribution < 1.29 is 89.3 Å². The van der Waals surface area contributed by atoms with E-state index in [2.05, 4.69) is 10.3 Å².